The van der Waals surface area contributed by atoms with Crippen LogP contribution in [0.3, 0.4) is 0 Å². The van der Waals surface area contributed by atoms with Crippen molar-refractivity contribution in [1.29, 1.82) is 0 Å². The molecule has 140 valence electrons. The number of rotatable bonds is 6. The normalized spacial score (nSPS) is 13.7. The lowest BCUT2D eigenvalue weighted by Gasteiger charge is -2.02. The number of pyridine rings is 1. The SMILES string of the molecule is O=C(NCc1ccccc1)c1cn(Cc2cn3cc(C4CC4)ccc3n2)nn1. The molecule has 0 atom stereocenters. The molecule has 7 heteroatoms. The first-order valence-corrected chi connectivity index (χ1v) is 9.44. The van der Waals surface area contributed by atoms with Crippen molar-refractivity contribution in [3.05, 3.63) is 83.6 Å². The minimum atomic E-state index is -0.237. The highest BCUT2D eigenvalue weighted by atomic mass is 16.2. The zero-order valence-electron chi connectivity index (χ0n) is 15.3. The van der Waals surface area contributed by atoms with E-state index in [2.05, 4.69) is 43.3 Å². The summed E-state index contributed by atoms with van der Waals surface area (Å²) in [7, 11) is 0. The average Bonchev–Trinajstić information content (AvgIpc) is 3.34. The maximum atomic E-state index is 12.3. The van der Waals surface area contributed by atoms with Crippen molar-refractivity contribution in [2.24, 2.45) is 0 Å². The predicted molar refractivity (Wildman–Crippen MR) is 104 cm³/mol. The Labute approximate surface area is 162 Å². The van der Waals surface area contributed by atoms with Gasteiger partial charge < -0.3 is 9.72 Å². The van der Waals surface area contributed by atoms with Crippen LogP contribution in [0, 0.1) is 0 Å². The molecule has 1 aliphatic rings. The first-order chi connectivity index (χ1) is 13.7. The van der Waals surface area contributed by atoms with Crippen molar-refractivity contribution in [2.45, 2.75) is 31.8 Å². The van der Waals surface area contributed by atoms with Gasteiger partial charge in [0.25, 0.3) is 5.91 Å². The van der Waals surface area contributed by atoms with Gasteiger partial charge in [-0.25, -0.2) is 9.67 Å². The number of carbonyl (C=O) groups is 1. The highest BCUT2D eigenvalue weighted by molar-refractivity contribution is 5.91. The summed E-state index contributed by atoms with van der Waals surface area (Å²) in [6.45, 7) is 0.932. The molecule has 1 aliphatic carbocycles. The first kappa shape index (κ1) is 16.7. The molecule has 4 aromatic rings. The van der Waals surface area contributed by atoms with E-state index in [1.165, 1.54) is 18.4 Å². The lowest BCUT2D eigenvalue weighted by atomic mass is 10.2. The van der Waals surface area contributed by atoms with Crippen LogP contribution in [0.25, 0.3) is 5.65 Å². The Morgan fingerprint density at radius 1 is 1.07 bits per heavy atom. The van der Waals surface area contributed by atoms with Crippen LogP contribution in [0.1, 0.15) is 46.1 Å². The number of benzene rings is 1. The number of amides is 1. The molecule has 0 spiro atoms. The van der Waals surface area contributed by atoms with Crippen molar-refractivity contribution in [2.75, 3.05) is 0 Å². The van der Waals surface area contributed by atoms with Gasteiger partial charge in [-0.1, -0.05) is 41.6 Å². The number of nitrogens with one attached hydrogen (secondary N) is 1. The molecule has 0 bridgehead atoms. The molecule has 0 aliphatic heterocycles. The molecule has 7 nitrogen and oxygen atoms in total. The number of fused-ring (bicyclic) bond motifs is 1. The van der Waals surface area contributed by atoms with E-state index in [0.29, 0.717) is 24.7 Å². The van der Waals surface area contributed by atoms with Crippen molar-refractivity contribution >= 4 is 11.6 Å². The zero-order valence-corrected chi connectivity index (χ0v) is 15.3. The molecular weight excluding hydrogens is 352 g/mol. The summed E-state index contributed by atoms with van der Waals surface area (Å²) in [6.07, 6.45) is 8.38. The van der Waals surface area contributed by atoms with Crippen LogP contribution < -0.4 is 5.32 Å². The van der Waals surface area contributed by atoms with Crippen LogP contribution in [-0.2, 0) is 13.1 Å². The molecule has 0 saturated heterocycles. The number of hydrogen-bond donors (Lipinski definition) is 1. The fourth-order valence-electron chi connectivity index (χ4n) is 3.31. The highest BCUT2D eigenvalue weighted by Gasteiger charge is 2.23. The third-order valence-electron chi connectivity index (χ3n) is 4.96. The van der Waals surface area contributed by atoms with E-state index in [0.717, 1.165) is 16.9 Å². The van der Waals surface area contributed by atoms with Gasteiger partial charge in [-0.05, 0) is 36.0 Å². The zero-order chi connectivity index (χ0) is 18.9. The largest absolute Gasteiger partial charge is 0.347 e. The molecule has 0 radical (unpaired) electrons. The molecule has 1 N–H and O–H groups in total. The summed E-state index contributed by atoms with van der Waals surface area (Å²) in [4.78, 5) is 16.9. The van der Waals surface area contributed by atoms with Gasteiger partial charge in [0.1, 0.15) is 5.65 Å². The topological polar surface area (TPSA) is 77.1 Å². The first-order valence-electron chi connectivity index (χ1n) is 9.44. The smallest absolute Gasteiger partial charge is 0.273 e. The van der Waals surface area contributed by atoms with E-state index in [1.54, 1.807) is 10.9 Å². The van der Waals surface area contributed by atoms with Gasteiger partial charge in [0.15, 0.2) is 5.69 Å². The number of hydrogen-bond acceptors (Lipinski definition) is 4. The van der Waals surface area contributed by atoms with Crippen molar-refractivity contribution in [3.8, 4) is 0 Å². The van der Waals surface area contributed by atoms with Gasteiger partial charge in [-0.2, -0.15) is 0 Å². The third-order valence-corrected chi connectivity index (χ3v) is 4.96. The van der Waals surface area contributed by atoms with Crippen LogP contribution in [0.2, 0.25) is 0 Å². The number of aromatic nitrogens is 5. The standard InChI is InChI=1S/C21H20N6O/c28-21(22-10-15-4-2-1-3-5-15)19-14-27(25-24-19)13-18-12-26-11-17(16-6-7-16)8-9-20(26)23-18/h1-5,8-9,11-12,14,16H,6-7,10,13H2,(H,22,28). The Hall–Kier alpha value is -3.48. The van der Waals surface area contributed by atoms with Crippen LogP contribution in [-0.4, -0.2) is 30.3 Å². The van der Waals surface area contributed by atoms with Crippen molar-refractivity contribution in [3.63, 3.8) is 0 Å². The molecule has 5 rings (SSSR count). The minimum Gasteiger partial charge on any atom is -0.347 e. The molecule has 3 heterocycles. The molecule has 28 heavy (non-hydrogen) atoms. The summed E-state index contributed by atoms with van der Waals surface area (Å²) in [5.41, 5.74) is 4.51. The fraction of sp³-hybridized carbons (Fsp3) is 0.238. The van der Waals surface area contributed by atoms with Crippen molar-refractivity contribution < 1.29 is 4.79 Å². The van der Waals surface area contributed by atoms with Crippen LogP contribution in [0.4, 0.5) is 0 Å². The fourth-order valence-corrected chi connectivity index (χ4v) is 3.31. The second-order valence-corrected chi connectivity index (χ2v) is 7.20. The molecule has 0 unspecified atom stereocenters. The number of imidazole rings is 1. The minimum absolute atomic E-state index is 0.237. The van der Waals surface area contributed by atoms with E-state index in [1.807, 2.05) is 36.5 Å². The maximum absolute atomic E-state index is 12.3. The Morgan fingerprint density at radius 3 is 2.75 bits per heavy atom. The summed E-state index contributed by atoms with van der Waals surface area (Å²) in [5.74, 6) is 0.474. The maximum Gasteiger partial charge on any atom is 0.273 e. The van der Waals surface area contributed by atoms with E-state index in [4.69, 9.17) is 0 Å². The van der Waals surface area contributed by atoms with Gasteiger partial charge in [0.05, 0.1) is 18.4 Å². The lowest BCUT2D eigenvalue weighted by Crippen LogP contribution is -2.23. The Bertz CT molecular complexity index is 1130. The molecular formula is C21H20N6O. The van der Waals surface area contributed by atoms with E-state index < -0.39 is 0 Å². The summed E-state index contributed by atoms with van der Waals surface area (Å²) < 4.78 is 3.70. The Morgan fingerprint density at radius 2 is 1.93 bits per heavy atom. The highest BCUT2D eigenvalue weighted by Crippen LogP contribution is 2.39. The van der Waals surface area contributed by atoms with Crippen LogP contribution >= 0.6 is 0 Å². The average molecular weight is 372 g/mol. The van der Waals surface area contributed by atoms with Gasteiger partial charge in [-0.15, -0.1) is 5.10 Å². The summed E-state index contributed by atoms with van der Waals surface area (Å²) in [5, 5.41) is 10.9. The van der Waals surface area contributed by atoms with Gasteiger partial charge in [0, 0.05) is 18.9 Å². The van der Waals surface area contributed by atoms with Gasteiger partial charge in [-0.3, -0.25) is 4.79 Å². The second kappa shape index (κ2) is 6.92. The molecule has 1 saturated carbocycles. The number of nitrogens with zero attached hydrogens (tertiary/aromatic N) is 5. The second-order valence-electron chi connectivity index (χ2n) is 7.20. The van der Waals surface area contributed by atoms with Gasteiger partial charge >= 0.3 is 0 Å². The lowest BCUT2D eigenvalue weighted by molar-refractivity contribution is 0.0946. The van der Waals surface area contributed by atoms with E-state index >= 15 is 0 Å². The van der Waals surface area contributed by atoms with Gasteiger partial charge in [0.2, 0.25) is 0 Å². The monoisotopic (exact) mass is 372 g/mol. The van der Waals surface area contributed by atoms with Crippen molar-refractivity contribution in [1.82, 2.24) is 29.7 Å². The third kappa shape index (κ3) is 3.51. The molecule has 3 aromatic heterocycles. The van der Waals surface area contributed by atoms with E-state index in [-0.39, 0.29) is 5.91 Å². The summed E-state index contributed by atoms with van der Waals surface area (Å²) >= 11 is 0. The summed E-state index contributed by atoms with van der Waals surface area (Å²) in [6, 6.07) is 14.0. The van der Waals surface area contributed by atoms with Crippen LogP contribution in [0.15, 0.2) is 61.1 Å². The quantitative estimate of drug-likeness (QED) is 0.565. The molecule has 1 fully saturated rings. The Kier molecular flexibility index (Phi) is 4.12. The molecule has 1 amide bonds. The number of carbonyl (C=O) groups excluding carboxylic acids is 1. The predicted octanol–water partition coefficient (Wildman–Crippen LogP) is 2.78. The molecule has 1 aromatic carbocycles. The van der Waals surface area contributed by atoms with E-state index in [9.17, 15) is 4.79 Å². The Balaban J connectivity index is 1.25. The van der Waals surface area contributed by atoms with Crippen LogP contribution in [0.5, 0.6) is 0 Å².